The van der Waals surface area contributed by atoms with Crippen molar-refractivity contribution >= 4 is 50.1 Å². The van der Waals surface area contributed by atoms with Crippen molar-refractivity contribution in [3.8, 4) is 0 Å². The Labute approximate surface area is 212 Å². The third-order valence-corrected chi connectivity index (χ3v) is 25.0. The van der Waals surface area contributed by atoms with E-state index in [1.807, 2.05) is 0 Å². The third-order valence-electron chi connectivity index (χ3n) is 8.04. The minimum absolute atomic E-state index is 1.25. The number of hydrogen-bond acceptors (Lipinski definition) is 0. The molecule has 5 aromatic carbocycles. The van der Waals surface area contributed by atoms with Crippen molar-refractivity contribution in [3.63, 3.8) is 0 Å². The molecule has 6 rings (SSSR count). The molecule has 0 nitrogen and oxygen atoms in total. The van der Waals surface area contributed by atoms with Crippen LogP contribution in [0.5, 0.6) is 0 Å². The molecular weight excluding hydrogens is 497 g/mol. The Morgan fingerprint density at radius 1 is 0.543 bits per heavy atom. The van der Waals surface area contributed by atoms with Gasteiger partial charge in [0.1, 0.15) is 0 Å². The summed E-state index contributed by atoms with van der Waals surface area (Å²) in [6, 6.07) is 54.5. The van der Waals surface area contributed by atoms with Crippen LogP contribution in [0.25, 0.3) is 0 Å². The molecule has 35 heavy (non-hydrogen) atoms. The summed E-state index contributed by atoms with van der Waals surface area (Å²) in [5, 5.41) is 5.99. The number of benzene rings is 5. The number of fused-ring (bicyclic) bond motifs is 1. The first-order valence-electron chi connectivity index (χ1n) is 12.6. The van der Waals surface area contributed by atoms with Crippen LogP contribution in [0, 0.1) is 6.92 Å². The molecule has 0 saturated carbocycles. The van der Waals surface area contributed by atoms with Crippen LogP contribution in [0.4, 0.5) is 0 Å². The van der Waals surface area contributed by atoms with E-state index >= 15 is 0 Å². The first kappa shape index (κ1) is 22.3. The second kappa shape index (κ2) is 9.14. The summed E-state index contributed by atoms with van der Waals surface area (Å²) in [4.78, 5) is 0. The maximum atomic E-state index is 2.57. The van der Waals surface area contributed by atoms with E-state index < -0.39 is 21.3 Å². The zero-order chi connectivity index (χ0) is 23.7. The second-order valence-corrected chi connectivity index (χ2v) is 22.2. The first-order valence-corrected chi connectivity index (χ1v) is 19.4. The quantitative estimate of drug-likeness (QED) is 0.311. The molecule has 0 atom stereocenters. The average molecular weight is 527 g/mol. The molecule has 1 aliphatic rings. The molecular formula is C33H30GeSi. The van der Waals surface area contributed by atoms with Gasteiger partial charge in [-0.15, -0.1) is 0 Å². The number of hydrogen-bond donors (Lipinski definition) is 0. The summed E-state index contributed by atoms with van der Waals surface area (Å²) in [5.74, 6) is 0. The Hall–Kier alpha value is -3.14. The molecule has 0 bridgehead atoms. The predicted octanol–water partition coefficient (Wildman–Crippen LogP) is 3.95. The second-order valence-electron chi connectivity index (χ2n) is 9.82. The Balaban J connectivity index is 1.73. The van der Waals surface area contributed by atoms with Crippen molar-refractivity contribution in [1.29, 1.82) is 0 Å². The summed E-state index contributed by atoms with van der Waals surface area (Å²) < 4.78 is 4.83. The van der Waals surface area contributed by atoms with Gasteiger partial charge in [-0.2, -0.15) is 0 Å². The minimum atomic E-state index is -2.92. The topological polar surface area (TPSA) is 0 Å². The molecule has 170 valence electrons. The van der Waals surface area contributed by atoms with Crippen LogP contribution in [0.2, 0.25) is 11.3 Å². The van der Waals surface area contributed by atoms with Crippen LogP contribution < -0.4 is 28.7 Å². The monoisotopic (exact) mass is 528 g/mol. The first-order chi connectivity index (χ1) is 17.2. The van der Waals surface area contributed by atoms with Crippen molar-refractivity contribution in [2.45, 2.75) is 18.2 Å². The van der Waals surface area contributed by atoms with Gasteiger partial charge in [-0.1, -0.05) is 0 Å². The molecule has 0 aromatic heterocycles. The van der Waals surface area contributed by atoms with Crippen molar-refractivity contribution in [1.82, 2.24) is 0 Å². The van der Waals surface area contributed by atoms with Gasteiger partial charge in [0.05, 0.1) is 0 Å². The van der Waals surface area contributed by atoms with E-state index in [4.69, 9.17) is 0 Å². The fourth-order valence-corrected chi connectivity index (χ4v) is 27.7. The molecule has 0 N–H and O–H groups in total. The molecule has 0 fully saturated rings. The fourth-order valence-electron chi connectivity index (χ4n) is 6.45. The Morgan fingerprint density at radius 2 is 1.00 bits per heavy atom. The summed E-state index contributed by atoms with van der Waals surface area (Å²) in [7, 11) is -2.19. The van der Waals surface area contributed by atoms with Crippen LogP contribution in [0.3, 0.4) is 0 Å². The van der Waals surface area contributed by atoms with Crippen LogP contribution in [-0.4, -0.2) is 21.3 Å². The van der Waals surface area contributed by atoms with Crippen molar-refractivity contribution in [3.05, 3.63) is 145 Å². The van der Waals surface area contributed by atoms with Gasteiger partial charge in [0.25, 0.3) is 0 Å². The Morgan fingerprint density at radius 3 is 1.49 bits per heavy atom. The molecule has 1 aliphatic heterocycles. The Kier molecular flexibility index (Phi) is 5.83. The van der Waals surface area contributed by atoms with E-state index in [1.165, 1.54) is 27.2 Å². The van der Waals surface area contributed by atoms with Gasteiger partial charge in [-0.3, -0.25) is 0 Å². The van der Waals surface area contributed by atoms with Crippen LogP contribution in [-0.2, 0) is 0 Å². The summed E-state index contributed by atoms with van der Waals surface area (Å²) in [6.07, 6.45) is 0. The van der Waals surface area contributed by atoms with E-state index in [1.54, 1.807) is 18.4 Å². The number of rotatable bonds is 4. The predicted molar refractivity (Wildman–Crippen MR) is 156 cm³/mol. The normalized spacial score (nSPS) is 15.8. The summed E-state index contributed by atoms with van der Waals surface area (Å²) in [5.41, 5.74) is 1.37. The van der Waals surface area contributed by atoms with Crippen LogP contribution in [0.1, 0.15) is 5.56 Å². The molecule has 2 heteroatoms. The van der Waals surface area contributed by atoms with Crippen LogP contribution >= 0.6 is 0 Å². The summed E-state index contributed by atoms with van der Waals surface area (Å²) in [6.45, 7) is 2.27. The van der Waals surface area contributed by atoms with E-state index in [0.29, 0.717) is 0 Å². The van der Waals surface area contributed by atoms with E-state index in [-0.39, 0.29) is 0 Å². The molecule has 0 amide bonds. The molecule has 0 radical (unpaired) electrons. The average Bonchev–Trinajstić information content (AvgIpc) is 2.94. The van der Waals surface area contributed by atoms with Gasteiger partial charge >= 0.3 is 213 Å². The molecule has 0 unspecified atom stereocenters. The SMILES string of the molecule is Cc1ccc2[c](c1)[Ge]([c]1ccccc1)([c]1ccccc1)[CH2]C[Si]2(c1ccccc1)c1ccccc1. The van der Waals surface area contributed by atoms with Crippen LogP contribution in [0.15, 0.2) is 140 Å². The van der Waals surface area contributed by atoms with E-state index in [0.717, 1.165) is 0 Å². The van der Waals surface area contributed by atoms with Crippen molar-refractivity contribution < 1.29 is 0 Å². The van der Waals surface area contributed by atoms with Gasteiger partial charge < -0.3 is 0 Å². The van der Waals surface area contributed by atoms with E-state index in [2.05, 4.69) is 146 Å². The third kappa shape index (κ3) is 3.57. The molecule has 0 spiro atoms. The summed E-state index contributed by atoms with van der Waals surface area (Å²) >= 11 is -2.92. The van der Waals surface area contributed by atoms with E-state index in [9.17, 15) is 0 Å². The number of aryl methyl sites for hydroxylation is 1. The van der Waals surface area contributed by atoms with Gasteiger partial charge in [-0.25, -0.2) is 0 Å². The molecule has 0 aliphatic carbocycles. The fraction of sp³-hybridized carbons (Fsp3) is 0.0909. The maximum absolute atomic E-state index is 2.92. The van der Waals surface area contributed by atoms with Gasteiger partial charge in [0.2, 0.25) is 0 Å². The van der Waals surface area contributed by atoms with Crippen molar-refractivity contribution in [2.24, 2.45) is 0 Å². The van der Waals surface area contributed by atoms with Gasteiger partial charge in [-0.05, 0) is 0 Å². The molecule has 1 heterocycles. The Bertz CT molecular complexity index is 1350. The zero-order valence-corrected chi connectivity index (χ0v) is 23.3. The van der Waals surface area contributed by atoms with Gasteiger partial charge in [0, 0.05) is 0 Å². The zero-order valence-electron chi connectivity index (χ0n) is 20.2. The van der Waals surface area contributed by atoms with Gasteiger partial charge in [0.15, 0.2) is 0 Å². The van der Waals surface area contributed by atoms with Crippen molar-refractivity contribution in [2.75, 3.05) is 0 Å². The molecule has 0 saturated heterocycles. The molecule has 5 aromatic rings. The standard InChI is InChI=1S/C33H30GeSi/c1-27-22-23-33-32(26-27)34(28-14-6-2-7-15-28,29-16-8-3-9-17-29)24-25-35(33,30-18-10-4-11-19-30)31-20-12-5-13-21-31/h2-23,26H,24-25H2,1H3.